The molecule has 9 nitrogen and oxygen atoms in total. The number of amides is 1. The molecule has 0 saturated heterocycles. The molecule has 9 heteroatoms. The van der Waals surface area contributed by atoms with Crippen molar-refractivity contribution in [1.82, 2.24) is 20.2 Å². The molecule has 0 spiro atoms. The molecule has 0 aliphatic carbocycles. The van der Waals surface area contributed by atoms with Crippen LogP contribution in [0.25, 0.3) is 32.8 Å². The maximum atomic E-state index is 13.2. The summed E-state index contributed by atoms with van der Waals surface area (Å²) in [5, 5.41) is 15.1. The predicted octanol–water partition coefficient (Wildman–Crippen LogP) is 3.51. The summed E-state index contributed by atoms with van der Waals surface area (Å²) in [6, 6.07) is 10.4. The van der Waals surface area contributed by atoms with Crippen molar-refractivity contribution in [3.8, 4) is 11.5 Å². The highest BCUT2D eigenvalue weighted by Crippen LogP contribution is 2.37. The van der Waals surface area contributed by atoms with Crippen molar-refractivity contribution in [2.75, 3.05) is 40.4 Å². The third-order valence-corrected chi connectivity index (χ3v) is 5.54. The fourth-order valence-corrected chi connectivity index (χ4v) is 3.93. The van der Waals surface area contributed by atoms with Gasteiger partial charge in [0.2, 0.25) is 0 Å². The molecule has 1 amide bonds. The maximum absolute atomic E-state index is 13.2. The predicted molar refractivity (Wildman–Crippen MR) is 134 cm³/mol. The second-order valence-corrected chi connectivity index (χ2v) is 8.24. The monoisotopic (exact) mass is 476 g/mol. The van der Waals surface area contributed by atoms with Gasteiger partial charge in [0, 0.05) is 29.9 Å². The first-order chi connectivity index (χ1) is 16.8. The average Bonchev–Trinajstić information content (AvgIpc) is 2.83. The van der Waals surface area contributed by atoms with Gasteiger partial charge in [-0.15, -0.1) is 0 Å². The van der Waals surface area contributed by atoms with Crippen LogP contribution in [0.15, 0.2) is 36.4 Å². The van der Waals surface area contributed by atoms with Gasteiger partial charge < -0.3 is 24.8 Å². The van der Waals surface area contributed by atoms with E-state index >= 15 is 0 Å². The van der Waals surface area contributed by atoms with Crippen LogP contribution in [0.1, 0.15) is 34.6 Å². The van der Waals surface area contributed by atoms with E-state index in [1.54, 1.807) is 31.2 Å². The van der Waals surface area contributed by atoms with Crippen molar-refractivity contribution in [1.29, 1.82) is 0 Å². The first-order valence-corrected chi connectivity index (χ1v) is 11.5. The van der Waals surface area contributed by atoms with Crippen LogP contribution in [0.2, 0.25) is 0 Å². The lowest BCUT2D eigenvalue weighted by atomic mass is 10.0. The Labute approximate surface area is 202 Å². The topological polar surface area (TPSA) is 114 Å². The summed E-state index contributed by atoms with van der Waals surface area (Å²) in [6.45, 7) is 5.14. The number of fused-ring (bicyclic) bond motifs is 4. The number of benzene rings is 3. The highest BCUT2D eigenvalue weighted by atomic mass is 16.5. The highest BCUT2D eigenvalue weighted by molar-refractivity contribution is 6.19. The van der Waals surface area contributed by atoms with E-state index in [1.165, 1.54) is 0 Å². The van der Waals surface area contributed by atoms with Gasteiger partial charge in [0.25, 0.3) is 5.91 Å². The van der Waals surface area contributed by atoms with E-state index in [4.69, 9.17) is 19.4 Å². The molecule has 182 valence electrons. The fourth-order valence-electron chi connectivity index (χ4n) is 3.93. The summed E-state index contributed by atoms with van der Waals surface area (Å²) in [7, 11) is 3.81. The molecule has 4 rings (SSSR count). The molecule has 0 aliphatic heterocycles. The van der Waals surface area contributed by atoms with E-state index in [0.29, 0.717) is 52.8 Å². The lowest BCUT2D eigenvalue weighted by molar-refractivity contribution is 0.0522. The minimum Gasteiger partial charge on any atom is -0.506 e. The summed E-state index contributed by atoms with van der Waals surface area (Å²) in [5.41, 5.74) is 1.84. The smallest absolute Gasteiger partial charge is 0.341 e. The Bertz CT molecular complexity index is 1430. The molecule has 0 aliphatic rings. The summed E-state index contributed by atoms with van der Waals surface area (Å²) >= 11 is 0. The standard InChI is InChI=1S/C26H28N4O5/c1-5-34-20-14-19-18(13-17(20)26(33)35-6-2)29-23-21(25(32)27-11-12-30(3)4)24(31)16-10-8-7-9-15(16)22(23)28-19/h7-10,13-14,31H,5-6,11-12H2,1-4H3,(H,27,32). The molecule has 0 radical (unpaired) electrons. The van der Waals surface area contributed by atoms with Gasteiger partial charge in [-0.05, 0) is 34.0 Å². The molecule has 2 N–H and O–H groups in total. The number of carbonyl (C=O) groups is 2. The second kappa shape index (κ2) is 10.1. The molecular formula is C26H28N4O5. The summed E-state index contributed by atoms with van der Waals surface area (Å²) in [4.78, 5) is 37.2. The number of phenols is 1. The average molecular weight is 477 g/mol. The Hall–Kier alpha value is -3.98. The first-order valence-electron chi connectivity index (χ1n) is 11.5. The molecule has 0 atom stereocenters. The molecule has 35 heavy (non-hydrogen) atoms. The van der Waals surface area contributed by atoms with Gasteiger partial charge in [0.05, 0.1) is 29.8 Å². The van der Waals surface area contributed by atoms with Gasteiger partial charge in [-0.3, -0.25) is 4.79 Å². The number of hydrogen-bond donors (Lipinski definition) is 2. The number of nitrogens with zero attached hydrogens (tertiary/aromatic N) is 3. The van der Waals surface area contributed by atoms with Crippen molar-refractivity contribution in [3.63, 3.8) is 0 Å². The fraction of sp³-hybridized carbons (Fsp3) is 0.308. The zero-order valence-corrected chi connectivity index (χ0v) is 20.2. The maximum Gasteiger partial charge on any atom is 0.341 e. The van der Waals surface area contributed by atoms with Crippen LogP contribution in [-0.2, 0) is 4.74 Å². The number of esters is 1. The second-order valence-electron chi connectivity index (χ2n) is 8.24. The molecule has 0 unspecified atom stereocenters. The van der Waals surface area contributed by atoms with E-state index in [1.807, 2.05) is 38.1 Å². The van der Waals surface area contributed by atoms with Crippen molar-refractivity contribution in [2.24, 2.45) is 0 Å². The van der Waals surface area contributed by atoms with Gasteiger partial charge in [-0.1, -0.05) is 24.3 Å². The van der Waals surface area contributed by atoms with Crippen LogP contribution >= 0.6 is 0 Å². The molecule has 1 heterocycles. The van der Waals surface area contributed by atoms with Crippen molar-refractivity contribution < 1.29 is 24.2 Å². The molecule has 0 fully saturated rings. The number of phenolic OH excluding ortho intramolecular Hbond substituents is 1. The number of nitrogens with one attached hydrogen (secondary N) is 1. The molecule has 4 aromatic rings. The number of carbonyl (C=O) groups excluding carboxylic acids is 2. The summed E-state index contributed by atoms with van der Waals surface area (Å²) in [6.07, 6.45) is 0. The van der Waals surface area contributed by atoms with Crippen LogP contribution in [0.5, 0.6) is 11.5 Å². The van der Waals surface area contributed by atoms with Crippen molar-refractivity contribution in [2.45, 2.75) is 13.8 Å². The minimum atomic E-state index is -0.539. The van der Waals surface area contributed by atoms with Gasteiger partial charge in [0.15, 0.2) is 0 Å². The van der Waals surface area contributed by atoms with Gasteiger partial charge >= 0.3 is 5.97 Å². The minimum absolute atomic E-state index is 0.0402. The SMILES string of the molecule is CCOC(=O)c1cc2nc3c(C(=O)NCCN(C)C)c(O)c4ccccc4c3nc2cc1OCC. The Balaban J connectivity index is 1.99. The quantitative estimate of drug-likeness (QED) is 0.226. The van der Waals surface area contributed by atoms with Crippen LogP contribution in [0.4, 0.5) is 0 Å². The van der Waals surface area contributed by atoms with E-state index in [9.17, 15) is 14.7 Å². The van der Waals surface area contributed by atoms with Crippen LogP contribution < -0.4 is 10.1 Å². The zero-order chi connectivity index (χ0) is 25.1. The van der Waals surface area contributed by atoms with Crippen LogP contribution in [0.3, 0.4) is 0 Å². The first kappa shape index (κ1) is 24.2. The Morgan fingerprint density at radius 1 is 1.00 bits per heavy atom. The number of hydrogen-bond acceptors (Lipinski definition) is 8. The molecule has 0 bridgehead atoms. The number of likely N-dealkylation sites (N-methyl/N-ethyl adjacent to an activating group) is 1. The summed E-state index contributed by atoms with van der Waals surface area (Å²) in [5.74, 6) is -0.814. The third-order valence-electron chi connectivity index (χ3n) is 5.54. The largest absolute Gasteiger partial charge is 0.506 e. The third kappa shape index (κ3) is 4.67. The Morgan fingerprint density at radius 2 is 1.69 bits per heavy atom. The Morgan fingerprint density at radius 3 is 2.37 bits per heavy atom. The van der Waals surface area contributed by atoms with E-state index < -0.39 is 11.9 Å². The van der Waals surface area contributed by atoms with Crippen molar-refractivity contribution in [3.05, 3.63) is 47.5 Å². The van der Waals surface area contributed by atoms with Gasteiger partial charge in [0.1, 0.15) is 28.1 Å². The molecular weight excluding hydrogens is 448 g/mol. The number of aromatic nitrogens is 2. The summed E-state index contributed by atoms with van der Waals surface area (Å²) < 4.78 is 10.9. The highest BCUT2D eigenvalue weighted by Gasteiger charge is 2.23. The Kier molecular flexibility index (Phi) is 6.97. The van der Waals surface area contributed by atoms with Gasteiger partial charge in [-0.25, -0.2) is 14.8 Å². The number of ether oxygens (including phenoxy) is 2. The van der Waals surface area contributed by atoms with E-state index in [0.717, 1.165) is 0 Å². The van der Waals surface area contributed by atoms with Gasteiger partial charge in [-0.2, -0.15) is 0 Å². The van der Waals surface area contributed by atoms with E-state index in [2.05, 4.69) is 5.32 Å². The van der Waals surface area contributed by atoms with E-state index in [-0.39, 0.29) is 29.0 Å². The van der Waals surface area contributed by atoms with Crippen LogP contribution in [-0.4, -0.2) is 72.2 Å². The number of aromatic hydroxyl groups is 1. The van der Waals surface area contributed by atoms with Crippen LogP contribution in [0, 0.1) is 0 Å². The lowest BCUT2D eigenvalue weighted by Gasteiger charge is -2.15. The molecule has 3 aromatic carbocycles. The number of rotatable bonds is 8. The molecule has 0 saturated carbocycles. The van der Waals surface area contributed by atoms with Crippen molar-refractivity contribution >= 4 is 44.7 Å². The zero-order valence-electron chi connectivity index (χ0n) is 20.2. The normalized spacial score (nSPS) is 11.3. The lowest BCUT2D eigenvalue weighted by Crippen LogP contribution is -2.31. The molecule has 1 aromatic heterocycles.